The van der Waals surface area contributed by atoms with Gasteiger partial charge in [-0.1, -0.05) is 25.5 Å². The lowest BCUT2D eigenvalue weighted by atomic mass is 10.0. The SMILES string of the molecule is CCCC(C(=O)OCC)N1CCN(CC=O)CCN(C(Cc2ccc(OCC)cc2)C(=O)OCC)CCN(CC(=O)O)CC1. The van der Waals surface area contributed by atoms with Crippen LogP contribution in [0.5, 0.6) is 5.75 Å². The van der Waals surface area contributed by atoms with Crippen LogP contribution >= 0.6 is 0 Å². The summed E-state index contributed by atoms with van der Waals surface area (Å²) in [5.41, 5.74) is 0.946. The molecule has 12 nitrogen and oxygen atoms in total. The van der Waals surface area contributed by atoms with E-state index in [2.05, 4.69) is 4.90 Å². The first-order chi connectivity index (χ1) is 21.3. The number of aldehydes is 1. The number of rotatable bonds is 16. The molecular formula is C32H52N4O8. The van der Waals surface area contributed by atoms with Gasteiger partial charge in [0.1, 0.15) is 24.1 Å². The molecule has 0 spiro atoms. The summed E-state index contributed by atoms with van der Waals surface area (Å²) in [6.45, 7) is 12.3. The van der Waals surface area contributed by atoms with Crippen molar-refractivity contribution >= 4 is 24.2 Å². The first kappa shape index (κ1) is 37.1. The van der Waals surface area contributed by atoms with Gasteiger partial charge in [-0.05, 0) is 51.3 Å². The molecule has 248 valence electrons. The highest BCUT2D eigenvalue weighted by Crippen LogP contribution is 2.17. The van der Waals surface area contributed by atoms with Gasteiger partial charge >= 0.3 is 17.9 Å². The second-order valence-electron chi connectivity index (χ2n) is 10.8. The van der Waals surface area contributed by atoms with E-state index < -0.39 is 18.1 Å². The third kappa shape index (κ3) is 12.9. The Morgan fingerprint density at radius 3 is 1.77 bits per heavy atom. The molecule has 1 heterocycles. The van der Waals surface area contributed by atoms with Gasteiger partial charge in [0.15, 0.2) is 0 Å². The van der Waals surface area contributed by atoms with E-state index in [9.17, 15) is 24.3 Å². The van der Waals surface area contributed by atoms with Crippen LogP contribution in [0, 0.1) is 0 Å². The maximum absolute atomic E-state index is 13.3. The molecule has 1 aromatic rings. The van der Waals surface area contributed by atoms with Gasteiger partial charge < -0.3 is 24.1 Å². The highest BCUT2D eigenvalue weighted by Gasteiger charge is 2.31. The molecule has 1 aliphatic rings. The predicted octanol–water partition coefficient (Wildman–Crippen LogP) is 1.80. The van der Waals surface area contributed by atoms with Crippen molar-refractivity contribution in [1.82, 2.24) is 19.6 Å². The maximum atomic E-state index is 13.3. The first-order valence-corrected chi connectivity index (χ1v) is 15.9. The molecule has 0 aromatic heterocycles. The zero-order valence-electron chi connectivity index (χ0n) is 26.9. The van der Waals surface area contributed by atoms with E-state index >= 15 is 0 Å². The summed E-state index contributed by atoms with van der Waals surface area (Å²) in [4.78, 5) is 57.7. The van der Waals surface area contributed by atoms with Crippen LogP contribution < -0.4 is 4.74 Å². The quantitative estimate of drug-likeness (QED) is 0.214. The van der Waals surface area contributed by atoms with Crippen LogP contribution in [-0.2, 0) is 35.1 Å². The molecule has 0 bridgehead atoms. The van der Waals surface area contributed by atoms with Crippen LogP contribution in [0.2, 0.25) is 0 Å². The van der Waals surface area contributed by atoms with E-state index in [1.165, 1.54) is 0 Å². The fraction of sp³-hybridized carbons (Fsp3) is 0.688. The average Bonchev–Trinajstić information content (AvgIpc) is 2.99. The number of ether oxygens (including phenoxy) is 3. The number of carboxylic acids is 1. The lowest BCUT2D eigenvalue weighted by Crippen LogP contribution is -2.53. The Labute approximate surface area is 262 Å². The van der Waals surface area contributed by atoms with Crippen molar-refractivity contribution in [2.24, 2.45) is 0 Å². The summed E-state index contributed by atoms with van der Waals surface area (Å²) in [6.07, 6.45) is 2.68. The zero-order chi connectivity index (χ0) is 32.3. The van der Waals surface area contributed by atoms with Crippen LogP contribution in [0.15, 0.2) is 24.3 Å². The number of nitrogens with zero attached hydrogens (tertiary/aromatic N) is 4. The molecule has 0 saturated carbocycles. The number of carboxylic acid groups (broad SMARTS) is 1. The molecule has 2 unspecified atom stereocenters. The molecule has 1 fully saturated rings. The number of benzene rings is 1. The molecule has 2 atom stereocenters. The van der Waals surface area contributed by atoms with Crippen molar-refractivity contribution in [2.45, 2.75) is 59.0 Å². The molecule has 0 radical (unpaired) electrons. The van der Waals surface area contributed by atoms with Gasteiger partial charge in [0.2, 0.25) is 0 Å². The lowest BCUT2D eigenvalue weighted by Gasteiger charge is -2.37. The minimum Gasteiger partial charge on any atom is -0.494 e. The molecule has 1 aliphatic heterocycles. The maximum Gasteiger partial charge on any atom is 0.323 e. The topological polar surface area (TPSA) is 129 Å². The molecule has 1 N–H and O–H groups in total. The summed E-state index contributed by atoms with van der Waals surface area (Å²) in [7, 11) is 0. The Bertz CT molecular complexity index is 1010. The van der Waals surface area contributed by atoms with E-state index in [-0.39, 0.29) is 38.2 Å². The summed E-state index contributed by atoms with van der Waals surface area (Å²) < 4.78 is 16.5. The smallest absolute Gasteiger partial charge is 0.323 e. The van der Waals surface area contributed by atoms with Gasteiger partial charge in [0.25, 0.3) is 0 Å². The van der Waals surface area contributed by atoms with Gasteiger partial charge in [0, 0.05) is 52.4 Å². The Balaban J connectivity index is 2.37. The minimum atomic E-state index is -0.945. The number of aliphatic carboxylic acids is 1. The van der Waals surface area contributed by atoms with Crippen molar-refractivity contribution in [3.63, 3.8) is 0 Å². The zero-order valence-corrected chi connectivity index (χ0v) is 26.9. The Hall–Kier alpha value is -3.06. The molecule has 44 heavy (non-hydrogen) atoms. The van der Waals surface area contributed by atoms with Gasteiger partial charge in [-0.25, -0.2) is 0 Å². The monoisotopic (exact) mass is 620 g/mol. The van der Waals surface area contributed by atoms with Crippen molar-refractivity contribution in [2.75, 3.05) is 85.3 Å². The summed E-state index contributed by atoms with van der Waals surface area (Å²) >= 11 is 0. The third-order valence-corrected chi connectivity index (χ3v) is 7.73. The summed E-state index contributed by atoms with van der Waals surface area (Å²) in [5, 5.41) is 9.69. The Kier molecular flexibility index (Phi) is 17.6. The van der Waals surface area contributed by atoms with Gasteiger partial charge in [-0.2, -0.15) is 0 Å². The minimum absolute atomic E-state index is 0.167. The molecule has 0 aliphatic carbocycles. The number of esters is 2. The second kappa shape index (κ2) is 20.8. The van der Waals surface area contributed by atoms with E-state index in [1.54, 1.807) is 13.8 Å². The van der Waals surface area contributed by atoms with Crippen molar-refractivity contribution in [3.8, 4) is 5.75 Å². The third-order valence-electron chi connectivity index (χ3n) is 7.73. The van der Waals surface area contributed by atoms with Crippen LogP contribution in [0.1, 0.15) is 46.1 Å². The van der Waals surface area contributed by atoms with E-state index in [0.29, 0.717) is 71.8 Å². The van der Waals surface area contributed by atoms with Crippen molar-refractivity contribution in [3.05, 3.63) is 29.8 Å². The number of hydrogen-bond donors (Lipinski definition) is 1. The summed E-state index contributed by atoms with van der Waals surface area (Å²) in [5.74, 6) is -0.824. The highest BCUT2D eigenvalue weighted by molar-refractivity contribution is 5.76. The average molecular weight is 621 g/mol. The van der Waals surface area contributed by atoms with Crippen LogP contribution in [0.4, 0.5) is 0 Å². The van der Waals surface area contributed by atoms with Gasteiger partial charge in [-0.3, -0.25) is 34.0 Å². The molecule has 12 heteroatoms. The molecular weight excluding hydrogens is 568 g/mol. The van der Waals surface area contributed by atoms with Crippen molar-refractivity contribution in [1.29, 1.82) is 0 Å². The standard InChI is InChI=1S/C32H52N4O8/c1-5-9-28(31(40)43-7-3)35-18-14-33(22-23-37)15-19-36(21-17-34(16-20-35)25-30(38)39)29(32(41)44-8-4)24-26-10-12-27(13-11-26)42-6-2/h10-13,23,28-29H,5-9,14-22,24-25H2,1-4H3,(H,38,39). The second-order valence-corrected chi connectivity index (χ2v) is 10.8. The van der Waals surface area contributed by atoms with Gasteiger partial charge in [0.05, 0.1) is 32.9 Å². The number of hydrogen-bond acceptors (Lipinski definition) is 11. The van der Waals surface area contributed by atoms with Crippen LogP contribution in [-0.4, -0.2) is 146 Å². The Morgan fingerprint density at radius 2 is 1.30 bits per heavy atom. The fourth-order valence-electron chi connectivity index (χ4n) is 5.46. The molecule has 1 aromatic carbocycles. The normalized spacial score (nSPS) is 17.9. The summed E-state index contributed by atoms with van der Waals surface area (Å²) in [6, 6.07) is 6.58. The first-order valence-electron chi connectivity index (χ1n) is 15.9. The predicted molar refractivity (Wildman–Crippen MR) is 167 cm³/mol. The lowest BCUT2D eigenvalue weighted by molar-refractivity contribution is -0.150. The van der Waals surface area contributed by atoms with Crippen molar-refractivity contribution < 1.29 is 38.5 Å². The van der Waals surface area contributed by atoms with E-state index in [4.69, 9.17) is 14.2 Å². The number of carbonyl (C=O) groups is 4. The molecule has 1 saturated heterocycles. The largest absolute Gasteiger partial charge is 0.494 e. The fourth-order valence-corrected chi connectivity index (χ4v) is 5.46. The van der Waals surface area contributed by atoms with E-state index in [0.717, 1.165) is 24.0 Å². The highest BCUT2D eigenvalue weighted by atomic mass is 16.5. The molecule has 0 amide bonds. The van der Waals surface area contributed by atoms with Crippen LogP contribution in [0.25, 0.3) is 0 Å². The Morgan fingerprint density at radius 1 is 0.773 bits per heavy atom. The number of carbonyl (C=O) groups excluding carboxylic acids is 3. The van der Waals surface area contributed by atoms with E-state index in [1.807, 2.05) is 52.8 Å². The van der Waals surface area contributed by atoms with Gasteiger partial charge in [-0.15, -0.1) is 0 Å². The van der Waals surface area contributed by atoms with Crippen LogP contribution in [0.3, 0.4) is 0 Å². The molecule has 2 rings (SSSR count).